The molecule has 0 aliphatic heterocycles. The number of hydrogen-bond acceptors (Lipinski definition) is 3. The monoisotopic (exact) mass is 410 g/mol. The highest BCUT2D eigenvalue weighted by molar-refractivity contribution is 7.26. The Hall–Kier alpha value is -3.04. The molecule has 2 heterocycles. The van der Waals surface area contributed by atoms with Crippen molar-refractivity contribution in [1.29, 1.82) is 0 Å². The van der Waals surface area contributed by atoms with Crippen LogP contribution in [-0.2, 0) is 6.42 Å². The summed E-state index contributed by atoms with van der Waals surface area (Å²) in [5, 5.41) is 1.22. The van der Waals surface area contributed by atoms with Crippen LogP contribution in [0.2, 0.25) is 0 Å². The average molecular weight is 411 g/mol. The number of fused-ring (bicyclic) bond motifs is 3. The number of rotatable bonds is 3. The van der Waals surface area contributed by atoms with Crippen LogP contribution in [0, 0.1) is 0 Å². The largest absolute Gasteiger partial charge is 0.231 e. The predicted octanol–water partition coefficient (Wildman–Crippen LogP) is 8.16. The van der Waals surface area contributed by atoms with Crippen LogP contribution in [-0.4, -0.2) is 9.97 Å². The Morgan fingerprint density at radius 3 is 2.13 bits per heavy atom. The fraction of sp³-hybridized carbons (Fsp3) is 0.185. The van der Waals surface area contributed by atoms with Gasteiger partial charge in [0.05, 0.1) is 15.9 Å². The number of aromatic nitrogens is 2. The van der Waals surface area contributed by atoms with Gasteiger partial charge in [0.15, 0.2) is 0 Å². The van der Waals surface area contributed by atoms with Crippen LogP contribution in [0.3, 0.4) is 0 Å². The van der Waals surface area contributed by atoms with Gasteiger partial charge in [-0.3, -0.25) is 0 Å². The Kier molecular flexibility index (Phi) is 6.20. The Balaban J connectivity index is 0.000000687. The van der Waals surface area contributed by atoms with Crippen LogP contribution in [0.5, 0.6) is 0 Å². The van der Waals surface area contributed by atoms with Crippen molar-refractivity contribution in [2.75, 3.05) is 0 Å². The summed E-state index contributed by atoms with van der Waals surface area (Å²) in [4.78, 5) is 9.77. The first-order valence-corrected chi connectivity index (χ1v) is 11.4. The van der Waals surface area contributed by atoms with Gasteiger partial charge in [0.2, 0.25) is 0 Å². The minimum atomic E-state index is 0.825. The van der Waals surface area contributed by atoms with E-state index in [0.717, 1.165) is 29.0 Å². The molecule has 150 valence electrons. The molecule has 3 heteroatoms. The zero-order chi connectivity index (χ0) is 20.9. The highest BCUT2D eigenvalue weighted by Crippen LogP contribution is 2.38. The quantitative estimate of drug-likeness (QED) is 0.300. The first kappa shape index (κ1) is 20.2. The molecule has 5 rings (SSSR count). The number of nitrogens with zero attached hydrogens (tertiary/aromatic N) is 2. The molecule has 0 fully saturated rings. The Bertz CT molecular complexity index is 1270. The van der Waals surface area contributed by atoms with Gasteiger partial charge in [-0.25, -0.2) is 9.97 Å². The first-order chi connectivity index (χ1) is 14.7. The molecule has 0 saturated heterocycles. The summed E-state index contributed by atoms with van der Waals surface area (Å²) < 4.78 is 2.43. The van der Waals surface area contributed by atoms with Crippen molar-refractivity contribution >= 4 is 31.6 Å². The normalized spacial score (nSPS) is 10.8. The van der Waals surface area contributed by atoms with Gasteiger partial charge in [-0.15, -0.1) is 11.3 Å². The zero-order valence-electron chi connectivity index (χ0n) is 17.7. The molecule has 0 N–H and O–H groups in total. The summed E-state index contributed by atoms with van der Waals surface area (Å²) >= 11 is 1.78. The summed E-state index contributed by atoms with van der Waals surface area (Å²) in [6.07, 6.45) is 2.07. The van der Waals surface area contributed by atoms with E-state index in [4.69, 9.17) is 9.97 Å². The third-order valence-corrected chi connectivity index (χ3v) is 5.99. The smallest absolute Gasteiger partial charge is 0.129 e. The second-order valence-electron chi connectivity index (χ2n) is 7.27. The van der Waals surface area contributed by atoms with Crippen LogP contribution < -0.4 is 0 Å². The van der Waals surface area contributed by atoms with Crippen molar-refractivity contribution in [1.82, 2.24) is 9.97 Å². The standard InChI is InChI=1S/C24H18N2S.C3H8/c1-2-21-25-22(24-23(26-21)19-13-6-7-14-20(19)27-24)18-12-8-11-17(15-18)16-9-4-3-5-10-16;1-3-2/h3-15H,2H2,1H3;3H2,1-2H3. The van der Waals surface area contributed by atoms with E-state index in [0.29, 0.717) is 0 Å². The van der Waals surface area contributed by atoms with Crippen LogP contribution >= 0.6 is 11.3 Å². The van der Waals surface area contributed by atoms with E-state index in [2.05, 4.69) is 93.6 Å². The molecule has 0 atom stereocenters. The van der Waals surface area contributed by atoms with Crippen molar-refractivity contribution in [3.05, 3.63) is 84.7 Å². The fourth-order valence-corrected chi connectivity index (χ4v) is 4.62. The molecule has 0 saturated carbocycles. The van der Waals surface area contributed by atoms with Gasteiger partial charge in [0.25, 0.3) is 0 Å². The number of thiophene rings is 1. The number of hydrogen-bond donors (Lipinski definition) is 0. The highest BCUT2D eigenvalue weighted by atomic mass is 32.1. The molecule has 2 nitrogen and oxygen atoms in total. The molecular weight excluding hydrogens is 384 g/mol. The molecule has 0 amide bonds. The summed E-state index contributed by atoms with van der Waals surface area (Å²) in [6, 6.07) is 27.6. The Morgan fingerprint density at radius 1 is 0.700 bits per heavy atom. The molecular formula is C27H26N2S. The van der Waals surface area contributed by atoms with Gasteiger partial charge in [-0.1, -0.05) is 93.9 Å². The molecule has 0 aliphatic carbocycles. The third-order valence-electron chi connectivity index (χ3n) is 4.83. The molecule has 5 aromatic rings. The topological polar surface area (TPSA) is 25.8 Å². The van der Waals surface area contributed by atoms with Gasteiger partial charge < -0.3 is 0 Å². The Labute approximate surface area is 182 Å². The van der Waals surface area contributed by atoms with Crippen molar-refractivity contribution in [2.45, 2.75) is 33.6 Å². The second kappa shape index (κ2) is 9.19. The van der Waals surface area contributed by atoms with E-state index in [1.807, 2.05) is 6.07 Å². The zero-order valence-corrected chi connectivity index (χ0v) is 18.5. The molecule has 3 aromatic carbocycles. The van der Waals surface area contributed by atoms with E-state index < -0.39 is 0 Å². The second-order valence-corrected chi connectivity index (χ2v) is 8.32. The lowest BCUT2D eigenvalue weighted by molar-refractivity contribution is 0.967. The average Bonchev–Trinajstić information content (AvgIpc) is 3.18. The molecule has 2 aromatic heterocycles. The Morgan fingerprint density at radius 2 is 1.37 bits per heavy atom. The highest BCUT2D eigenvalue weighted by Gasteiger charge is 2.15. The minimum absolute atomic E-state index is 0.825. The van der Waals surface area contributed by atoms with Crippen molar-refractivity contribution < 1.29 is 0 Å². The first-order valence-electron chi connectivity index (χ1n) is 10.6. The number of benzene rings is 3. The van der Waals surface area contributed by atoms with E-state index in [1.54, 1.807) is 11.3 Å². The molecule has 0 spiro atoms. The van der Waals surface area contributed by atoms with E-state index in [1.165, 1.54) is 32.3 Å². The summed E-state index contributed by atoms with van der Waals surface area (Å²) in [5.74, 6) is 0.895. The summed E-state index contributed by atoms with van der Waals surface area (Å²) in [5.41, 5.74) is 5.68. The van der Waals surface area contributed by atoms with Gasteiger partial charge in [0, 0.05) is 22.1 Å². The van der Waals surface area contributed by atoms with Crippen LogP contribution in [0.15, 0.2) is 78.9 Å². The molecule has 0 aliphatic rings. The van der Waals surface area contributed by atoms with Crippen molar-refractivity contribution in [3.8, 4) is 22.4 Å². The predicted molar refractivity (Wildman–Crippen MR) is 131 cm³/mol. The molecule has 30 heavy (non-hydrogen) atoms. The SMILES string of the molecule is CCC.CCc1nc(-c2cccc(-c3ccccc3)c2)c2sc3ccccc3c2n1. The lowest BCUT2D eigenvalue weighted by Gasteiger charge is -2.08. The van der Waals surface area contributed by atoms with Crippen molar-refractivity contribution in [2.24, 2.45) is 0 Å². The van der Waals surface area contributed by atoms with Crippen LogP contribution in [0.4, 0.5) is 0 Å². The maximum absolute atomic E-state index is 4.92. The van der Waals surface area contributed by atoms with E-state index >= 15 is 0 Å². The van der Waals surface area contributed by atoms with Gasteiger partial charge in [0.1, 0.15) is 5.82 Å². The lowest BCUT2D eigenvalue weighted by atomic mass is 10.0. The summed E-state index contributed by atoms with van der Waals surface area (Å²) in [6.45, 7) is 6.36. The molecule has 0 radical (unpaired) electrons. The summed E-state index contributed by atoms with van der Waals surface area (Å²) in [7, 11) is 0. The maximum Gasteiger partial charge on any atom is 0.129 e. The maximum atomic E-state index is 4.92. The minimum Gasteiger partial charge on any atom is -0.231 e. The van der Waals surface area contributed by atoms with E-state index in [-0.39, 0.29) is 0 Å². The van der Waals surface area contributed by atoms with E-state index in [9.17, 15) is 0 Å². The van der Waals surface area contributed by atoms with Crippen LogP contribution in [0.25, 0.3) is 42.7 Å². The third kappa shape index (κ3) is 3.99. The van der Waals surface area contributed by atoms with Gasteiger partial charge >= 0.3 is 0 Å². The fourth-order valence-electron chi connectivity index (χ4n) is 3.47. The van der Waals surface area contributed by atoms with Crippen LogP contribution in [0.1, 0.15) is 33.0 Å². The van der Waals surface area contributed by atoms with Gasteiger partial charge in [-0.2, -0.15) is 0 Å². The van der Waals surface area contributed by atoms with Crippen molar-refractivity contribution in [3.63, 3.8) is 0 Å². The lowest BCUT2D eigenvalue weighted by Crippen LogP contribution is -1.96. The number of aryl methyl sites for hydroxylation is 1. The molecule has 0 bridgehead atoms. The van der Waals surface area contributed by atoms with Gasteiger partial charge in [-0.05, 0) is 23.3 Å². The molecule has 0 unspecified atom stereocenters.